The van der Waals surface area contributed by atoms with Crippen LogP contribution in [-0.2, 0) is 36.7 Å². The molecule has 37 heavy (non-hydrogen) atoms. The lowest BCUT2D eigenvalue weighted by Crippen LogP contribution is -2.45. The zero-order valence-corrected chi connectivity index (χ0v) is 21.6. The number of hydrogen-bond acceptors (Lipinski definition) is 7. The van der Waals surface area contributed by atoms with Crippen LogP contribution in [-0.4, -0.2) is 41.5 Å². The topological polar surface area (TPSA) is 112 Å². The first-order chi connectivity index (χ1) is 17.8. The second-order valence-corrected chi connectivity index (χ2v) is 10.4. The van der Waals surface area contributed by atoms with Gasteiger partial charge < -0.3 is 18.9 Å². The van der Waals surface area contributed by atoms with Gasteiger partial charge in [0, 0.05) is 7.11 Å². The molecule has 0 heterocycles. The van der Waals surface area contributed by atoms with Crippen molar-refractivity contribution in [2.45, 2.75) is 32.6 Å². The number of carbonyl (C=O) groups is 2. The van der Waals surface area contributed by atoms with Crippen molar-refractivity contribution >= 4 is 19.7 Å². The fourth-order valence-corrected chi connectivity index (χ4v) is 4.72. The van der Waals surface area contributed by atoms with Crippen LogP contribution in [0.15, 0.2) is 84.9 Å². The first-order valence-corrected chi connectivity index (χ1v) is 13.3. The number of ether oxygens (including phenoxy) is 1. The van der Waals surface area contributed by atoms with Gasteiger partial charge in [0.2, 0.25) is 0 Å². The summed E-state index contributed by atoms with van der Waals surface area (Å²) in [5.41, 5.74) is 2.43. The number of nitrogens with zero attached hydrogens (tertiary/aromatic N) is 1. The lowest BCUT2D eigenvalue weighted by atomic mass is 10.2. The molecule has 3 aromatic carbocycles. The van der Waals surface area contributed by atoms with Crippen molar-refractivity contribution in [1.29, 1.82) is 0 Å². The minimum absolute atomic E-state index is 0.0654. The van der Waals surface area contributed by atoms with E-state index in [-0.39, 0.29) is 25.8 Å². The molecule has 0 aromatic heterocycles. The molecule has 0 saturated carbocycles. The first-order valence-electron chi connectivity index (χ1n) is 11.6. The smallest absolute Gasteiger partial charge is 0.432 e. The van der Waals surface area contributed by atoms with Crippen molar-refractivity contribution in [3.8, 4) is 5.75 Å². The van der Waals surface area contributed by atoms with E-state index in [0.717, 1.165) is 11.1 Å². The van der Waals surface area contributed by atoms with Gasteiger partial charge >= 0.3 is 19.7 Å². The van der Waals surface area contributed by atoms with Gasteiger partial charge in [0.05, 0.1) is 6.16 Å². The molecule has 0 fully saturated rings. The van der Waals surface area contributed by atoms with Gasteiger partial charge in [-0.3, -0.25) is 4.84 Å². The van der Waals surface area contributed by atoms with Crippen LogP contribution in [0.1, 0.15) is 23.1 Å². The summed E-state index contributed by atoms with van der Waals surface area (Å²) in [5, 5.41) is 10.4. The molecule has 1 amide bonds. The summed E-state index contributed by atoms with van der Waals surface area (Å²) >= 11 is 0. The van der Waals surface area contributed by atoms with Crippen molar-refractivity contribution in [2.24, 2.45) is 0 Å². The standard InChI is InChI=1S/C27H30NO8P/c1-21-13-15-24(16-14-21)36-37(32,33-2)18-17-25(26(29)34-19-22-9-5-3-6-10-22)28(27(30)31)35-20-23-11-7-4-8-12-23/h3-16,25H,17-20H2,1-2H3,(H,30,31). The van der Waals surface area contributed by atoms with Crippen LogP contribution in [0.2, 0.25) is 0 Å². The van der Waals surface area contributed by atoms with Crippen LogP contribution in [0, 0.1) is 6.92 Å². The normalized spacial score (nSPS) is 13.2. The van der Waals surface area contributed by atoms with E-state index < -0.39 is 25.7 Å². The van der Waals surface area contributed by atoms with Crippen molar-refractivity contribution in [1.82, 2.24) is 5.06 Å². The molecule has 3 rings (SSSR count). The van der Waals surface area contributed by atoms with E-state index in [9.17, 15) is 19.3 Å². The molecule has 9 nitrogen and oxygen atoms in total. The number of rotatable bonds is 13. The number of hydroxylamine groups is 2. The molecule has 0 spiro atoms. The Hall–Kier alpha value is -3.65. The Morgan fingerprint density at radius 1 is 0.892 bits per heavy atom. The van der Waals surface area contributed by atoms with Gasteiger partial charge in [-0.1, -0.05) is 78.4 Å². The summed E-state index contributed by atoms with van der Waals surface area (Å²) in [6.07, 6.45) is -1.99. The molecule has 0 bridgehead atoms. The number of hydrogen-bond donors (Lipinski definition) is 1. The predicted octanol–water partition coefficient (Wildman–Crippen LogP) is 5.83. The fraction of sp³-hybridized carbons (Fsp3) is 0.259. The highest BCUT2D eigenvalue weighted by Crippen LogP contribution is 2.48. The third kappa shape index (κ3) is 8.75. The van der Waals surface area contributed by atoms with Crippen LogP contribution < -0.4 is 4.52 Å². The maximum Gasteiger partial charge on any atom is 0.432 e. The van der Waals surface area contributed by atoms with Crippen LogP contribution in [0.3, 0.4) is 0 Å². The largest absolute Gasteiger partial charge is 0.463 e. The number of esters is 1. The van der Waals surface area contributed by atoms with Crippen LogP contribution >= 0.6 is 7.60 Å². The molecular formula is C27H30NO8P. The molecule has 0 radical (unpaired) electrons. The average Bonchev–Trinajstić information content (AvgIpc) is 2.91. The molecule has 196 valence electrons. The van der Waals surface area contributed by atoms with E-state index in [1.165, 1.54) is 7.11 Å². The number of aryl methyl sites for hydroxylation is 1. The zero-order valence-electron chi connectivity index (χ0n) is 20.7. The third-order valence-electron chi connectivity index (χ3n) is 5.40. The Morgan fingerprint density at radius 3 is 2.00 bits per heavy atom. The molecule has 1 N–H and O–H groups in total. The van der Waals surface area contributed by atoms with Crippen molar-refractivity contribution in [3.63, 3.8) is 0 Å². The second kappa shape index (κ2) is 13.6. The summed E-state index contributed by atoms with van der Waals surface area (Å²) in [7, 11) is -2.50. The Kier molecular flexibility index (Phi) is 10.3. The molecule has 0 aliphatic heterocycles. The second-order valence-electron chi connectivity index (χ2n) is 8.19. The van der Waals surface area contributed by atoms with E-state index >= 15 is 0 Å². The molecule has 10 heteroatoms. The third-order valence-corrected chi connectivity index (χ3v) is 7.25. The highest BCUT2D eigenvalue weighted by atomic mass is 31.2. The minimum atomic E-state index is -3.74. The Balaban J connectivity index is 1.77. The fourth-order valence-electron chi connectivity index (χ4n) is 3.37. The Labute approximate surface area is 216 Å². The summed E-state index contributed by atoms with van der Waals surface area (Å²) in [6, 6.07) is 23.4. The van der Waals surface area contributed by atoms with E-state index in [4.69, 9.17) is 18.6 Å². The summed E-state index contributed by atoms with van der Waals surface area (Å²) in [6.45, 7) is 1.74. The minimum Gasteiger partial charge on any atom is -0.463 e. The summed E-state index contributed by atoms with van der Waals surface area (Å²) < 4.78 is 29.5. The molecule has 2 atom stereocenters. The van der Waals surface area contributed by atoms with Gasteiger partial charge in [-0.05, 0) is 36.6 Å². The van der Waals surface area contributed by atoms with Crippen LogP contribution in [0.25, 0.3) is 0 Å². The summed E-state index contributed by atoms with van der Waals surface area (Å²) in [5.74, 6) is -0.522. The molecule has 0 aliphatic rings. The van der Waals surface area contributed by atoms with Gasteiger partial charge in [0.1, 0.15) is 19.0 Å². The average molecular weight is 528 g/mol. The quantitative estimate of drug-likeness (QED) is 0.168. The van der Waals surface area contributed by atoms with Gasteiger partial charge in [-0.2, -0.15) is 5.06 Å². The molecule has 2 unspecified atom stereocenters. The van der Waals surface area contributed by atoms with Crippen molar-refractivity contribution in [2.75, 3.05) is 13.3 Å². The Morgan fingerprint density at radius 2 is 1.46 bits per heavy atom. The lowest BCUT2D eigenvalue weighted by molar-refractivity contribution is -0.190. The maximum absolute atomic E-state index is 13.3. The van der Waals surface area contributed by atoms with E-state index in [1.54, 1.807) is 72.8 Å². The van der Waals surface area contributed by atoms with Crippen LogP contribution in [0.4, 0.5) is 4.79 Å². The van der Waals surface area contributed by atoms with E-state index in [2.05, 4.69) is 0 Å². The van der Waals surface area contributed by atoms with Crippen molar-refractivity contribution < 1.29 is 37.9 Å². The molecular weight excluding hydrogens is 497 g/mol. The molecule has 0 saturated heterocycles. The molecule has 3 aromatic rings. The first kappa shape index (κ1) is 27.9. The SMILES string of the molecule is COP(=O)(CCC(C(=O)OCc1ccccc1)N(OCc1ccccc1)C(=O)O)Oc1ccc(C)cc1. The predicted molar refractivity (Wildman–Crippen MR) is 137 cm³/mol. The monoisotopic (exact) mass is 527 g/mol. The van der Waals surface area contributed by atoms with Crippen molar-refractivity contribution in [3.05, 3.63) is 102 Å². The molecule has 0 aliphatic carbocycles. The highest BCUT2D eigenvalue weighted by molar-refractivity contribution is 7.54. The van der Waals surface area contributed by atoms with Gasteiger partial charge in [0.15, 0.2) is 6.04 Å². The van der Waals surface area contributed by atoms with Gasteiger partial charge in [-0.25, -0.2) is 14.2 Å². The number of benzene rings is 3. The van der Waals surface area contributed by atoms with E-state index in [0.29, 0.717) is 16.4 Å². The van der Waals surface area contributed by atoms with Crippen LogP contribution in [0.5, 0.6) is 5.75 Å². The Bertz CT molecular complexity index is 1190. The maximum atomic E-state index is 13.3. The number of amides is 1. The lowest BCUT2D eigenvalue weighted by Gasteiger charge is -2.28. The highest BCUT2D eigenvalue weighted by Gasteiger charge is 2.36. The van der Waals surface area contributed by atoms with E-state index in [1.807, 2.05) is 19.1 Å². The number of carboxylic acid groups (broad SMARTS) is 1. The van der Waals surface area contributed by atoms with Gasteiger partial charge in [0.25, 0.3) is 0 Å². The van der Waals surface area contributed by atoms with Gasteiger partial charge in [-0.15, -0.1) is 0 Å². The summed E-state index contributed by atoms with van der Waals surface area (Å²) in [4.78, 5) is 30.7. The number of carbonyl (C=O) groups excluding carboxylic acids is 1. The zero-order chi connectivity index (χ0) is 26.7.